The van der Waals surface area contributed by atoms with E-state index in [-0.39, 0.29) is 18.1 Å². The van der Waals surface area contributed by atoms with Gasteiger partial charge in [0.25, 0.3) is 11.8 Å². The summed E-state index contributed by atoms with van der Waals surface area (Å²) < 4.78 is 5.12. The molecule has 8 nitrogen and oxygen atoms in total. The Morgan fingerprint density at radius 1 is 1.06 bits per heavy atom. The third-order valence-electron chi connectivity index (χ3n) is 5.12. The zero-order valence-corrected chi connectivity index (χ0v) is 20.2. The van der Waals surface area contributed by atoms with Crippen LogP contribution in [0.4, 0.5) is 5.69 Å². The lowest BCUT2D eigenvalue weighted by atomic mass is 10.1. The molecule has 35 heavy (non-hydrogen) atoms. The highest BCUT2D eigenvalue weighted by Crippen LogP contribution is 2.22. The van der Waals surface area contributed by atoms with E-state index in [4.69, 9.17) is 21.4 Å². The summed E-state index contributed by atoms with van der Waals surface area (Å²) in [6.07, 6.45) is 1.50. The first-order chi connectivity index (χ1) is 16.9. The lowest BCUT2D eigenvalue weighted by Gasteiger charge is -2.15. The van der Waals surface area contributed by atoms with Gasteiger partial charge in [-0.3, -0.25) is 14.5 Å². The third-order valence-corrected chi connectivity index (χ3v) is 5.36. The molecule has 0 radical (unpaired) electrons. The molecule has 0 fully saturated rings. The Balaban J connectivity index is 1.67. The van der Waals surface area contributed by atoms with E-state index < -0.39 is 5.91 Å². The number of carbonyl (C=O) groups is 2. The van der Waals surface area contributed by atoms with Gasteiger partial charge in [0.15, 0.2) is 0 Å². The number of hydrogen-bond acceptors (Lipinski definition) is 6. The smallest absolute Gasteiger partial charge is 0.273 e. The van der Waals surface area contributed by atoms with Gasteiger partial charge in [-0.2, -0.15) is 5.10 Å². The Kier molecular flexibility index (Phi) is 9.37. The van der Waals surface area contributed by atoms with Gasteiger partial charge in [-0.15, -0.1) is 0 Å². The zero-order chi connectivity index (χ0) is 25.2. The van der Waals surface area contributed by atoms with E-state index in [1.165, 1.54) is 12.3 Å². The molecule has 0 unspecified atom stereocenters. The van der Waals surface area contributed by atoms with Gasteiger partial charge in [-0.1, -0.05) is 23.7 Å². The molecule has 3 N–H and O–H groups in total. The SMILES string of the molecule is COc1ccc(/C=N/NC(=O)c2cc(Cl)ccc2NC(=O)c2ccc(CN(C)CCO)cc2)cc1. The number of anilines is 1. The molecule has 0 bridgehead atoms. The molecule has 0 saturated carbocycles. The summed E-state index contributed by atoms with van der Waals surface area (Å²) in [5.41, 5.74) is 5.18. The Hall–Kier alpha value is -3.72. The summed E-state index contributed by atoms with van der Waals surface area (Å²) in [5, 5.41) is 16.1. The molecule has 0 aromatic heterocycles. The van der Waals surface area contributed by atoms with Crippen LogP contribution >= 0.6 is 11.6 Å². The van der Waals surface area contributed by atoms with Gasteiger partial charge in [0.05, 0.1) is 31.2 Å². The van der Waals surface area contributed by atoms with E-state index in [9.17, 15) is 9.59 Å². The number of hydrazone groups is 1. The highest BCUT2D eigenvalue weighted by molar-refractivity contribution is 6.31. The van der Waals surface area contributed by atoms with Crippen LogP contribution in [0, 0.1) is 0 Å². The van der Waals surface area contributed by atoms with Gasteiger partial charge in [-0.25, -0.2) is 5.43 Å². The highest BCUT2D eigenvalue weighted by Gasteiger charge is 2.15. The fraction of sp³-hybridized carbons (Fsp3) is 0.192. The maximum absolute atomic E-state index is 12.8. The van der Waals surface area contributed by atoms with Crippen molar-refractivity contribution >= 4 is 35.3 Å². The molecule has 0 aliphatic heterocycles. The zero-order valence-electron chi connectivity index (χ0n) is 19.5. The largest absolute Gasteiger partial charge is 0.497 e. The van der Waals surface area contributed by atoms with Crippen molar-refractivity contribution in [2.75, 3.05) is 32.6 Å². The van der Waals surface area contributed by atoms with Crippen LogP contribution in [0.3, 0.4) is 0 Å². The Morgan fingerprint density at radius 3 is 2.43 bits per heavy atom. The van der Waals surface area contributed by atoms with Gasteiger partial charge in [0, 0.05) is 23.7 Å². The van der Waals surface area contributed by atoms with Crippen LogP contribution in [-0.2, 0) is 6.54 Å². The molecule has 0 heterocycles. The monoisotopic (exact) mass is 494 g/mol. The summed E-state index contributed by atoms with van der Waals surface area (Å²) in [6, 6.07) is 18.9. The lowest BCUT2D eigenvalue weighted by Crippen LogP contribution is -2.22. The molecule has 0 aliphatic carbocycles. The maximum Gasteiger partial charge on any atom is 0.273 e. The van der Waals surface area contributed by atoms with E-state index >= 15 is 0 Å². The Bertz CT molecular complexity index is 1180. The second-order valence-electron chi connectivity index (χ2n) is 7.77. The van der Waals surface area contributed by atoms with Crippen LogP contribution in [0.25, 0.3) is 0 Å². The molecule has 9 heteroatoms. The van der Waals surface area contributed by atoms with Crippen molar-refractivity contribution < 1.29 is 19.4 Å². The number of likely N-dealkylation sites (N-methyl/N-ethyl adjacent to an activating group) is 1. The fourth-order valence-electron chi connectivity index (χ4n) is 3.25. The molecule has 3 aromatic rings. The van der Waals surface area contributed by atoms with E-state index in [2.05, 4.69) is 15.8 Å². The minimum absolute atomic E-state index is 0.0841. The standard InChI is InChI=1S/C26H27ClN4O4/c1-31(13-14-32)17-19-3-7-20(8-4-19)25(33)29-24-12-9-21(27)15-23(24)26(34)30-28-16-18-5-10-22(35-2)11-6-18/h3-12,15-16,32H,13-14,17H2,1-2H3,(H,29,33)(H,30,34)/b28-16+. The van der Waals surface area contributed by atoms with Crippen molar-refractivity contribution in [1.82, 2.24) is 10.3 Å². The number of amides is 2. The highest BCUT2D eigenvalue weighted by atomic mass is 35.5. The van der Waals surface area contributed by atoms with Crippen molar-refractivity contribution in [2.24, 2.45) is 5.10 Å². The molecule has 182 valence electrons. The number of benzene rings is 3. The number of nitrogens with one attached hydrogen (secondary N) is 2. The van der Waals surface area contributed by atoms with E-state index in [1.54, 1.807) is 55.6 Å². The van der Waals surface area contributed by atoms with E-state index in [0.717, 1.165) is 11.1 Å². The molecule has 0 saturated heterocycles. The summed E-state index contributed by atoms with van der Waals surface area (Å²) in [6.45, 7) is 1.30. The quantitative estimate of drug-likeness (QED) is 0.294. The predicted molar refractivity (Wildman–Crippen MR) is 137 cm³/mol. The number of carbonyl (C=O) groups excluding carboxylic acids is 2. The molecular formula is C26H27ClN4O4. The van der Waals surface area contributed by atoms with Crippen LogP contribution in [0.1, 0.15) is 31.8 Å². The van der Waals surface area contributed by atoms with Gasteiger partial charge < -0.3 is 15.2 Å². The first-order valence-electron chi connectivity index (χ1n) is 10.9. The van der Waals surface area contributed by atoms with Crippen molar-refractivity contribution in [3.05, 3.63) is 94.0 Å². The number of aliphatic hydroxyl groups is 1. The Morgan fingerprint density at radius 2 is 1.77 bits per heavy atom. The van der Waals surface area contributed by atoms with Crippen molar-refractivity contribution in [1.29, 1.82) is 0 Å². The average molecular weight is 495 g/mol. The summed E-state index contributed by atoms with van der Waals surface area (Å²) >= 11 is 6.09. The van der Waals surface area contributed by atoms with Crippen LogP contribution < -0.4 is 15.5 Å². The molecule has 0 spiro atoms. The number of aliphatic hydroxyl groups excluding tert-OH is 1. The van der Waals surface area contributed by atoms with Gasteiger partial charge >= 0.3 is 0 Å². The van der Waals surface area contributed by atoms with Gasteiger partial charge in [0.2, 0.25) is 0 Å². The maximum atomic E-state index is 12.8. The van der Waals surface area contributed by atoms with Crippen molar-refractivity contribution in [3.63, 3.8) is 0 Å². The second-order valence-corrected chi connectivity index (χ2v) is 8.21. The van der Waals surface area contributed by atoms with E-state index in [1.807, 2.05) is 24.1 Å². The molecular weight excluding hydrogens is 468 g/mol. The number of rotatable bonds is 10. The number of methoxy groups -OCH3 is 1. The first kappa shape index (κ1) is 25.9. The van der Waals surface area contributed by atoms with Gasteiger partial charge in [0.1, 0.15) is 5.75 Å². The van der Waals surface area contributed by atoms with Crippen LogP contribution in [0.15, 0.2) is 71.8 Å². The Labute approximate surface area is 209 Å². The molecule has 2 amide bonds. The first-order valence-corrected chi connectivity index (χ1v) is 11.2. The van der Waals surface area contributed by atoms with Crippen molar-refractivity contribution in [3.8, 4) is 5.75 Å². The fourth-order valence-corrected chi connectivity index (χ4v) is 3.42. The summed E-state index contributed by atoms with van der Waals surface area (Å²) in [5.74, 6) is -0.164. The minimum Gasteiger partial charge on any atom is -0.497 e. The van der Waals surface area contributed by atoms with Gasteiger partial charge in [-0.05, 0) is 72.8 Å². The second kappa shape index (κ2) is 12.7. The number of hydrogen-bond donors (Lipinski definition) is 3. The third kappa shape index (κ3) is 7.65. The van der Waals surface area contributed by atoms with Crippen LogP contribution in [0.5, 0.6) is 5.75 Å². The summed E-state index contributed by atoms with van der Waals surface area (Å²) in [7, 11) is 3.49. The number of halogens is 1. The number of ether oxygens (including phenoxy) is 1. The minimum atomic E-state index is -0.519. The average Bonchev–Trinajstić information content (AvgIpc) is 2.86. The van der Waals surface area contributed by atoms with Crippen LogP contribution in [-0.4, -0.2) is 55.3 Å². The predicted octanol–water partition coefficient (Wildman–Crippen LogP) is 3.79. The van der Waals surface area contributed by atoms with Crippen molar-refractivity contribution in [2.45, 2.75) is 6.54 Å². The molecule has 0 aliphatic rings. The van der Waals surface area contributed by atoms with E-state index in [0.29, 0.717) is 35.1 Å². The number of nitrogens with zero attached hydrogens (tertiary/aromatic N) is 2. The lowest BCUT2D eigenvalue weighted by molar-refractivity contribution is 0.0956. The molecule has 3 rings (SSSR count). The topological polar surface area (TPSA) is 103 Å². The van der Waals surface area contributed by atoms with Crippen LogP contribution in [0.2, 0.25) is 5.02 Å². The summed E-state index contributed by atoms with van der Waals surface area (Å²) in [4.78, 5) is 27.5. The molecule has 3 aromatic carbocycles. The molecule has 0 atom stereocenters. The normalized spacial score (nSPS) is 11.0.